The van der Waals surface area contributed by atoms with E-state index in [0.717, 1.165) is 31.8 Å². The smallest absolute Gasteiger partial charge is 0.314 e. The van der Waals surface area contributed by atoms with Gasteiger partial charge in [0.05, 0.1) is 0 Å². The molecule has 98 valence electrons. The van der Waals surface area contributed by atoms with E-state index in [0.29, 0.717) is 12.1 Å². The average molecular weight is 239 g/mol. The van der Waals surface area contributed by atoms with Gasteiger partial charge >= 0.3 is 6.03 Å². The Morgan fingerprint density at radius 3 is 2.12 bits per heavy atom. The number of nitrogens with zero attached hydrogens (tertiary/aromatic N) is 1. The number of carbonyl (C=O) groups excluding carboxylic acids is 1. The van der Waals surface area contributed by atoms with Crippen LogP contribution in [0.15, 0.2) is 0 Å². The molecule has 4 nitrogen and oxygen atoms in total. The van der Waals surface area contributed by atoms with E-state index in [4.69, 9.17) is 5.73 Å². The van der Waals surface area contributed by atoms with Crippen molar-refractivity contribution in [3.63, 3.8) is 0 Å². The first-order valence-electron chi connectivity index (χ1n) is 6.95. The number of piperidine rings is 1. The highest BCUT2D eigenvalue weighted by atomic mass is 16.2. The van der Waals surface area contributed by atoms with Crippen LogP contribution in [0.4, 0.5) is 4.79 Å². The molecular formula is C13H25N3O. The van der Waals surface area contributed by atoms with Gasteiger partial charge in [0.1, 0.15) is 0 Å². The molecule has 17 heavy (non-hydrogen) atoms. The highest BCUT2D eigenvalue weighted by molar-refractivity contribution is 5.72. The molecule has 0 aromatic rings. The second-order valence-corrected chi connectivity index (χ2v) is 5.72. The van der Waals surface area contributed by atoms with Crippen molar-refractivity contribution >= 4 is 6.03 Å². The summed E-state index contributed by atoms with van der Waals surface area (Å²) in [4.78, 5) is 12.8. The molecule has 0 unspecified atom stereocenters. The van der Waals surface area contributed by atoms with Crippen molar-refractivity contribution in [1.82, 2.24) is 10.2 Å². The highest BCUT2D eigenvalue weighted by Crippen LogP contribution is 2.24. The predicted octanol–water partition coefficient (Wildman–Crippen LogP) is 1.70. The van der Waals surface area contributed by atoms with Crippen molar-refractivity contribution in [2.75, 3.05) is 13.1 Å². The summed E-state index contributed by atoms with van der Waals surface area (Å²) < 4.78 is 0. The molecule has 2 amide bonds. The summed E-state index contributed by atoms with van der Waals surface area (Å²) in [5, 5.41) is 3.76. The number of amides is 2. The standard InChI is InChI=1S/C13H25N3O/c1-10-2-4-11(5-3-10)15-12-6-8-16(9-7-12)13(14)17/h10-12,15H,2-9H2,1H3,(H2,14,17). The molecule has 1 aliphatic carbocycles. The molecule has 1 aliphatic heterocycles. The number of nitrogens with one attached hydrogen (secondary N) is 1. The first-order valence-corrected chi connectivity index (χ1v) is 6.95. The number of carbonyl (C=O) groups is 1. The van der Waals surface area contributed by atoms with Crippen molar-refractivity contribution in [2.45, 2.75) is 57.5 Å². The van der Waals surface area contributed by atoms with Crippen LogP contribution >= 0.6 is 0 Å². The van der Waals surface area contributed by atoms with Crippen molar-refractivity contribution in [1.29, 1.82) is 0 Å². The van der Waals surface area contributed by atoms with Crippen LogP contribution in [0.25, 0.3) is 0 Å². The summed E-state index contributed by atoms with van der Waals surface area (Å²) in [5.41, 5.74) is 5.28. The number of hydrogen-bond donors (Lipinski definition) is 2. The maximum atomic E-state index is 11.0. The minimum atomic E-state index is -0.269. The van der Waals surface area contributed by atoms with Crippen LogP contribution in [-0.2, 0) is 0 Å². The number of primary amides is 1. The number of hydrogen-bond acceptors (Lipinski definition) is 2. The second kappa shape index (κ2) is 5.71. The third kappa shape index (κ3) is 3.60. The molecule has 0 radical (unpaired) electrons. The molecule has 2 fully saturated rings. The van der Waals surface area contributed by atoms with E-state index in [1.165, 1.54) is 25.7 Å². The number of likely N-dealkylation sites (tertiary alicyclic amines) is 1. The molecule has 2 aliphatic rings. The van der Waals surface area contributed by atoms with Gasteiger partial charge in [-0.1, -0.05) is 6.92 Å². The van der Waals surface area contributed by atoms with Gasteiger partial charge in [0.2, 0.25) is 0 Å². The lowest BCUT2D eigenvalue weighted by molar-refractivity contribution is 0.177. The predicted molar refractivity (Wildman–Crippen MR) is 68.7 cm³/mol. The third-order valence-electron chi connectivity index (χ3n) is 4.29. The van der Waals surface area contributed by atoms with E-state index < -0.39 is 0 Å². The lowest BCUT2D eigenvalue weighted by Gasteiger charge is -2.35. The molecule has 1 saturated heterocycles. The molecule has 4 heteroatoms. The van der Waals surface area contributed by atoms with E-state index in [2.05, 4.69) is 12.2 Å². The number of urea groups is 1. The van der Waals surface area contributed by atoms with Gasteiger partial charge in [-0.2, -0.15) is 0 Å². The van der Waals surface area contributed by atoms with Crippen LogP contribution in [0, 0.1) is 5.92 Å². The highest BCUT2D eigenvalue weighted by Gasteiger charge is 2.25. The summed E-state index contributed by atoms with van der Waals surface area (Å²) in [6, 6.07) is 1.02. The van der Waals surface area contributed by atoms with Gasteiger partial charge in [0, 0.05) is 25.2 Å². The second-order valence-electron chi connectivity index (χ2n) is 5.72. The Kier molecular flexibility index (Phi) is 4.26. The molecule has 1 saturated carbocycles. The van der Waals surface area contributed by atoms with Crippen molar-refractivity contribution in [3.05, 3.63) is 0 Å². The zero-order chi connectivity index (χ0) is 12.3. The van der Waals surface area contributed by atoms with Crippen LogP contribution in [0.2, 0.25) is 0 Å². The van der Waals surface area contributed by atoms with E-state index in [9.17, 15) is 4.79 Å². The SMILES string of the molecule is CC1CCC(NC2CCN(C(N)=O)CC2)CC1. The lowest BCUT2D eigenvalue weighted by atomic mass is 9.86. The third-order valence-corrected chi connectivity index (χ3v) is 4.29. The van der Waals surface area contributed by atoms with Gasteiger partial charge in [-0.25, -0.2) is 4.79 Å². The first-order chi connectivity index (χ1) is 8.15. The van der Waals surface area contributed by atoms with Crippen LogP contribution in [0.5, 0.6) is 0 Å². The minimum absolute atomic E-state index is 0.269. The van der Waals surface area contributed by atoms with Gasteiger partial charge in [0.25, 0.3) is 0 Å². The Morgan fingerprint density at radius 1 is 1.06 bits per heavy atom. The molecule has 0 bridgehead atoms. The van der Waals surface area contributed by atoms with Gasteiger partial charge in [-0.3, -0.25) is 0 Å². The normalized spacial score (nSPS) is 31.5. The summed E-state index contributed by atoms with van der Waals surface area (Å²) >= 11 is 0. The van der Waals surface area contributed by atoms with Crippen LogP contribution in [-0.4, -0.2) is 36.1 Å². The Hall–Kier alpha value is -0.770. The molecule has 0 aromatic carbocycles. The summed E-state index contributed by atoms with van der Waals surface area (Å²) in [6.45, 7) is 3.98. The fourth-order valence-corrected chi connectivity index (χ4v) is 3.03. The largest absolute Gasteiger partial charge is 0.351 e. The Labute approximate surface area is 104 Å². The van der Waals surface area contributed by atoms with Gasteiger partial charge in [-0.15, -0.1) is 0 Å². The first kappa shape index (κ1) is 12.7. The quantitative estimate of drug-likeness (QED) is 0.770. The maximum absolute atomic E-state index is 11.0. The number of rotatable bonds is 2. The van der Waals surface area contributed by atoms with E-state index in [-0.39, 0.29) is 6.03 Å². The van der Waals surface area contributed by atoms with Crippen molar-refractivity contribution < 1.29 is 4.79 Å². The Morgan fingerprint density at radius 2 is 1.59 bits per heavy atom. The Bertz CT molecular complexity index is 253. The monoisotopic (exact) mass is 239 g/mol. The zero-order valence-corrected chi connectivity index (χ0v) is 10.8. The fourth-order valence-electron chi connectivity index (χ4n) is 3.03. The minimum Gasteiger partial charge on any atom is -0.351 e. The fraction of sp³-hybridized carbons (Fsp3) is 0.923. The molecule has 1 heterocycles. The zero-order valence-electron chi connectivity index (χ0n) is 10.8. The number of nitrogens with two attached hydrogens (primary N) is 1. The molecule has 2 rings (SSSR count). The average Bonchev–Trinajstić information content (AvgIpc) is 2.33. The van der Waals surface area contributed by atoms with E-state index in [1.807, 2.05) is 0 Å². The van der Waals surface area contributed by atoms with Gasteiger partial charge < -0.3 is 16.0 Å². The topological polar surface area (TPSA) is 58.4 Å². The molecule has 0 spiro atoms. The van der Waals surface area contributed by atoms with Gasteiger partial charge in [0.15, 0.2) is 0 Å². The summed E-state index contributed by atoms with van der Waals surface area (Å²) in [7, 11) is 0. The lowest BCUT2D eigenvalue weighted by Crippen LogP contribution is -2.49. The van der Waals surface area contributed by atoms with Crippen molar-refractivity contribution in [3.8, 4) is 0 Å². The van der Waals surface area contributed by atoms with E-state index in [1.54, 1.807) is 4.90 Å². The van der Waals surface area contributed by atoms with Crippen LogP contribution < -0.4 is 11.1 Å². The van der Waals surface area contributed by atoms with Gasteiger partial charge in [-0.05, 0) is 44.4 Å². The molecule has 0 atom stereocenters. The van der Waals surface area contributed by atoms with Crippen LogP contribution in [0.1, 0.15) is 45.4 Å². The maximum Gasteiger partial charge on any atom is 0.314 e. The summed E-state index contributed by atoms with van der Waals surface area (Å²) in [6.07, 6.45) is 7.45. The molecular weight excluding hydrogens is 214 g/mol. The van der Waals surface area contributed by atoms with E-state index >= 15 is 0 Å². The molecule has 3 N–H and O–H groups in total. The van der Waals surface area contributed by atoms with Crippen molar-refractivity contribution in [2.24, 2.45) is 11.7 Å². The van der Waals surface area contributed by atoms with Crippen LogP contribution in [0.3, 0.4) is 0 Å². The molecule has 0 aromatic heterocycles. The summed E-state index contributed by atoms with van der Waals surface area (Å²) in [5.74, 6) is 0.907. The Balaban J connectivity index is 1.69.